The largest absolute Gasteiger partial charge is 0.493 e. The summed E-state index contributed by atoms with van der Waals surface area (Å²) in [5.41, 5.74) is 1.71. The molecule has 7 nitrogen and oxygen atoms in total. The zero-order valence-electron chi connectivity index (χ0n) is 16.3. The van der Waals surface area contributed by atoms with Crippen LogP contribution in [-0.4, -0.2) is 37.2 Å². The summed E-state index contributed by atoms with van der Waals surface area (Å²) in [5, 5.41) is 3.17. The number of aryl methyl sites for hydroxylation is 1. The van der Waals surface area contributed by atoms with Crippen LogP contribution in [0, 0.1) is 6.92 Å². The van der Waals surface area contributed by atoms with E-state index < -0.39 is 5.97 Å². The lowest BCUT2D eigenvalue weighted by Crippen LogP contribution is -2.24. The second-order valence-electron chi connectivity index (χ2n) is 5.77. The van der Waals surface area contributed by atoms with Crippen molar-refractivity contribution in [2.45, 2.75) is 27.3 Å². The smallest absolute Gasteiger partial charge is 0.339 e. The fraction of sp³-hybridized carbons (Fsp3) is 0.350. The van der Waals surface area contributed by atoms with Crippen molar-refractivity contribution in [3.05, 3.63) is 51.8 Å². The number of benzene rings is 1. The number of hydrogen-bond acceptors (Lipinski definition) is 6. The molecule has 1 amide bonds. The van der Waals surface area contributed by atoms with Crippen molar-refractivity contribution in [2.75, 3.05) is 20.3 Å². The van der Waals surface area contributed by atoms with E-state index in [9.17, 15) is 9.59 Å². The van der Waals surface area contributed by atoms with Crippen LogP contribution in [-0.2, 0) is 11.3 Å². The molecule has 1 aromatic carbocycles. The Morgan fingerprint density at radius 2 is 1.93 bits per heavy atom. The van der Waals surface area contributed by atoms with Gasteiger partial charge in [-0.2, -0.15) is 0 Å². The van der Waals surface area contributed by atoms with Crippen LogP contribution in [0.3, 0.4) is 0 Å². The Labute approximate surface area is 169 Å². The maximum atomic E-state index is 12.4. The highest BCUT2D eigenvalue weighted by molar-refractivity contribution is 6.32. The quantitative estimate of drug-likeness (QED) is 0.674. The molecule has 1 aromatic heterocycles. The van der Waals surface area contributed by atoms with E-state index in [1.54, 1.807) is 26.0 Å². The number of ether oxygens (including phenoxy) is 3. The lowest BCUT2D eigenvalue weighted by atomic mass is 10.1. The predicted octanol–water partition coefficient (Wildman–Crippen LogP) is 3.56. The number of aromatic nitrogens is 1. The normalized spacial score (nSPS) is 10.3. The molecular formula is C20H23ClN2O5. The van der Waals surface area contributed by atoms with Crippen molar-refractivity contribution >= 4 is 23.5 Å². The van der Waals surface area contributed by atoms with E-state index in [1.807, 2.05) is 6.92 Å². The lowest BCUT2D eigenvalue weighted by Gasteiger charge is -2.13. The third-order valence-electron chi connectivity index (χ3n) is 3.84. The first-order valence-electron chi connectivity index (χ1n) is 8.83. The van der Waals surface area contributed by atoms with Crippen LogP contribution in [0.4, 0.5) is 0 Å². The fourth-order valence-electron chi connectivity index (χ4n) is 2.54. The number of carbonyl (C=O) groups is 2. The SMILES string of the molecule is CCOC(=O)c1ccc(C(=O)NCc2cc(Cl)c(OCC)c(OC)c2)nc1C. The highest BCUT2D eigenvalue weighted by Crippen LogP contribution is 2.36. The van der Waals surface area contributed by atoms with E-state index in [1.165, 1.54) is 19.2 Å². The molecule has 2 rings (SSSR count). The number of carbonyl (C=O) groups excluding carboxylic acids is 2. The van der Waals surface area contributed by atoms with Crippen molar-refractivity contribution in [1.82, 2.24) is 10.3 Å². The zero-order chi connectivity index (χ0) is 20.7. The summed E-state index contributed by atoms with van der Waals surface area (Å²) in [4.78, 5) is 28.4. The van der Waals surface area contributed by atoms with E-state index in [-0.39, 0.29) is 24.8 Å². The van der Waals surface area contributed by atoms with Crippen molar-refractivity contribution < 1.29 is 23.8 Å². The highest BCUT2D eigenvalue weighted by atomic mass is 35.5. The minimum absolute atomic E-state index is 0.203. The van der Waals surface area contributed by atoms with Crippen LogP contribution in [0.2, 0.25) is 5.02 Å². The van der Waals surface area contributed by atoms with Crippen LogP contribution in [0.1, 0.15) is 46.0 Å². The Balaban J connectivity index is 2.11. The summed E-state index contributed by atoms with van der Waals surface area (Å²) in [5.74, 6) is 0.123. The summed E-state index contributed by atoms with van der Waals surface area (Å²) in [6, 6.07) is 6.48. The second kappa shape index (κ2) is 9.94. The first kappa shape index (κ1) is 21.5. The van der Waals surface area contributed by atoms with Crippen molar-refractivity contribution in [3.63, 3.8) is 0 Å². The van der Waals surface area contributed by atoms with E-state index in [0.29, 0.717) is 34.4 Å². The molecular weight excluding hydrogens is 384 g/mol. The molecule has 8 heteroatoms. The zero-order valence-corrected chi connectivity index (χ0v) is 17.1. The number of nitrogens with zero attached hydrogens (tertiary/aromatic N) is 1. The summed E-state index contributed by atoms with van der Waals surface area (Å²) >= 11 is 6.24. The van der Waals surface area contributed by atoms with Gasteiger partial charge in [0, 0.05) is 6.54 Å². The van der Waals surface area contributed by atoms with Crippen LogP contribution in [0.25, 0.3) is 0 Å². The first-order chi connectivity index (χ1) is 13.4. The molecule has 0 saturated carbocycles. The molecule has 0 spiro atoms. The minimum atomic E-state index is -0.462. The van der Waals surface area contributed by atoms with E-state index in [2.05, 4.69) is 10.3 Å². The van der Waals surface area contributed by atoms with Gasteiger partial charge >= 0.3 is 5.97 Å². The molecule has 0 aliphatic heterocycles. The Hall–Kier alpha value is -2.80. The lowest BCUT2D eigenvalue weighted by molar-refractivity contribution is 0.0524. The maximum Gasteiger partial charge on any atom is 0.339 e. The molecule has 0 atom stereocenters. The Bertz CT molecular complexity index is 870. The molecule has 0 aliphatic rings. The average Bonchev–Trinajstić information content (AvgIpc) is 2.67. The van der Waals surface area contributed by atoms with Crippen molar-refractivity contribution in [3.8, 4) is 11.5 Å². The third kappa shape index (κ3) is 5.13. The molecule has 0 unspecified atom stereocenters. The van der Waals surface area contributed by atoms with E-state index in [4.69, 9.17) is 25.8 Å². The number of rotatable bonds is 8. The summed E-state index contributed by atoms with van der Waals surface area (Å²) < 4.78 is 15.7. The number of amides is 1. The maximum absolute atomic E-state index is 12.4. The van der Waals surface area contributed by atoms with Crippen LogP contribution in [0.15, 0.2) is 24.3 Å². The van der Waals surface area contributed by atoms with Gasteiger partial charge in [-0.15, -0.1) is 0 Å². The molecule has 2 aromatic rings. The van der Waals surface area contributed by atoms with Gasteiger partial charge in [0.2, 0.25) is 0 Å². The van der Waals surface area contributed by atoms with Crippen LogP contribution < -0.4 is 14.8 Å². The Kier molecular flexibility index (Phi) is 7.63. The minimum Gasteiger partial charge on any atom is -0.493 e. The van der Waals surface area contributed by atoms with Gasteiger partial charge in [-0.1, -0.05) is 11.6 Å². The third-order valence-corrected chi connectivity index (χ3v) is 4.13. The Morgan fingerprint density at radius 3 is 2.54 bits per heavy atom. The molecule has 0 bridgehead atoms. The standard InChI is InChI=1S/C20H23ClN2O5/c1-5-27-18-15(21)9-13(10-17(18)26-4)11-22-19(24)16-8-7-14(12(3)23-16)20(25)28-6-2/h7-10H,5-6,11H2,1-4H3,(H,22,24). The topological polar surface area (TPSA) is 86.8 Å². The average molecular weight is 407 g/mol. The monoisotopic (exact) mass is 406 g/mol. The molecule has 0 fully saturated rings. The van der Waals surface area contributed by atoms with Gasteiger partial charge in [0.15, 0.2) is 11.5 Å². The number of esters is 1. The molecule has 1 heterocycles. The van der Waals surface area contributed by atoms with Gasteiger partial charge in [0.25, 0.3) is 5.91 Å². The molecule has 0 saturated heterocycles. The van der Waals surface area contributed by atoms with Gasteiger partial charge in [-0.05, 0) is 50.6 Å². The molecule has 28 heavy (non-hydrogen) atoms. The number of methoxy groups -OCH3 is 1. The fourth-order valence-corrected chi connectivity index (χ4v) is 2.83. The van der Waals surface area contributed by atoms with Gasteiger partial charge in [0.1, 0.15) is 5.69 Å². The highest BCUT2D eigenvalue weighted by Gasteiger charge is 2.16. The number of pyridine rings is 1. The van der Waals surface area contributed by atoms with E-state index >= 15 is 0 Å². The predicted molar refractivity (Wildman–Crippen MR) is 105 cm³/mol. The van der Waals surface area contributed by atoms with Crippen LogP contribution in [0.5, 0.6) is 11.5 Å². The molecule has 150 valence electrons. The summed E-state index contributed by atoms with van der Waals surface area (Å²) in [7, 11) is 1.52. The van der Waals surface area contributed by atoms with E-state index in [0.717, 1.165) is 5.56 Å². The number of halogens is 1. The Morgan fingerprint density at radius 1 is 1.18 bits per heavy atom. The van der Waals surface area contributed by atoms with Crippen LogP contribution >= 0.6 is 11.6 Å². The number of hydrogen-bond donors (Lipinski definition) is 1. The second-order valence-corrected chi connectivity index (χ2v) is 6.18. The molecule has 0 aliphatic carbocycles. The van der Waals surface area contributed by atoms with Gasteiger partial charge in [0.05, 0.1) is 36.6 Å². The number of nitrogens with one attached hydrogen (secondary N) is 1. The molecule has 0 radical (unpaired) electrons. The van der Waals surface area contributed by atoms with Gasteiger partial charge in [-0.25, -0.2) is 9.78 Å². The summed E-state index contributed by atoms with van der Waals surface area (Å²) in [6.07, 6.45) is 0. The first-order valence-corrected chi connectivity index (χ1v) is 9.21. The molecule has 1 N–H and O–H groups in total. The van der Waals surface area contributed by atoms with Gasteiger partial charge < -0.3 is 19.5 Å². The van der Waals surface area contributed by atoms with Crippen molar-refractivity contribution in [2.24, 2.45) is 0 Å². The van der Waals surface area contributed by atoms with Crippen molar-refractivity contribution in [1.29, 1.82) is 0 Å². The van der Waals surface area contributed by atoms with Gasteiger partial charge in [-0.3, -0.25) is 4.79 Å². The summed E-state index contributed by atoms with van der Waals surface area (Å²) in [6.45, 7) is 6.19.